The number of benzene rings is 1. The van der Waals surface area contributed by atoms with Gasteiger partial charge in [0, 0.05) is 16.3 Å². The summed E-state index contributed by atoms with van der Waals surface area (Å²) in [5.41, 5.74) is 2.28. The van der Waals surface area contributed by atoms with Gasteiger partial charge in [-0.15, -0.1) is 0 Å². The molecule has 3 rings (SSSR count). The van der Waals surface area contributed by atoms with Gasteiger partial charge in [0.05, 0.1) is 24.9 Å². The molecule has 0 saturated heterocycles. The predicted molar refractivity (Wildman–Crippen MR) is 84.1 cm³/mol. The molecule has 0 spiro atoms. The molecule has 110 valence electrons. The number of nitrogens with one attached hydrogen (secondary N) is 1. The third-order valence-corrected chi connectivity index (χ3v) is 5.26. The van der Waals surface area contributed by atoms with E-state index in [1.807, 2.05) is 24.3 Å². The summed E-state index contributed by atoms with van der Waals surface area (Å²) in [4.78, 5) is 7.55. The number of fused-ring (bicyclic) bond motifs is 3. The number of aromatic nitrogens is 2. The number of nitrogens with zero attached hydrogens (tertiary/aromatic N) is 1. The third kappa shape index (κ3) is 2.48. The summed E-state index contributed by atoms with van der Waals surface area (Å²) in [5.74, 6) is 0. The van der Waals surface area contributed by atoms with Crippen LogP contribution in [0, 0.1) is 0 Å². The van der Waals surface area contributed by atoms with Crippen LogP contribution in [-0.2, 0) is 13.6 Å². The molecule has 1 N–H and O–H groups in total. The number of aromatic amines is 1. The minimum absolute atomic E-state index is 0.310. The lowest BCUT2D eigenvalue weighted by Gasteiger charge is -2.16. The van der Waals surface area contributed by atoms with Crippen molar-refractivity contribution in [2.75, 3.05) is 13.2 Å². The Bertz CT molecular complexity index is 818. The lowest BCUT2D eigenvalue weighted by molar-refractivity contribution is 0.229. The molecule has 0 bridgehead atoms. The number of hydrogen-bond donors (Lipinski definition) is 1. The first-order valence-electron chi connectivity index (χ1n) is 6.94. The molecule has 5 nitrogen and oxygen atoms in total. The van der Waals surface area contributed by atoms with Gasteiger partial charge in [0.2, 0.25) is 0 Å². The maximum absolute atomic E-state index is 12.8. The average Bonchev–Trinajstić information content (AvgIpc) is 2.85. The maximum Gasteiger partial charge on any atom is 0.379 e. The number of H-pyrrole nitrogens is 1. The van der Waals surface area contributed by atoms with E-state index < -0.39 is 7.60 Å². The average molecular weight is 304 g/mol. The first-order valence-corrected chi connectivity index (χ1v) is 8.48. The van der Waals surface area contributed by atoms with Gasteiger partial charge in [0.15, 0.2) is 5.44 Å². The lowest BCUT2D eigenvalue weighted by atomic mass is 10.2. The molecule has 0 radical (unpaired) electrons. The van der Waals surface area contributed by atoms with Crippen molar-refractivity contribution in [2.45, 2.75) is 13.8 Å². The van der Waals surface area contributed by atoms with Gasteiger partial charge in [-0.2, -0.15) is 0 Å². The van der Waals surface area contributed by atoms with Crippen LogP contribution >= 0.6 is 7.60 Å². The Balaban J connectivity index is 2.19. The minimum Gasteiger partial charge on any atom is -0.353 e. The molecule has 0 aliphatic heterocycles. The fraction of sp³-hybridized carbons (Fsp3) is 0.267. The van der Waals surface area contributed by atoms with E-state index in [0.717, 1.165) is 21.8 Å². The van der Waals surface area contributed by atoms with E-state index in [1.165, 1.54) is 0 Å². The molecule has 0 aliphatic carbocycles. The SMILES string of the molecule is CCOP(=O)(OCC)c1cc2c(cn1)[nH]c1ccccc12. The first-order chi connectivity index (χ1) is 10.2. The smallest absolute Gasteiger partial charge is 0.353 e. The molecular weight excluding hydrogens is 287 g/mol. The zero-order valence-electron chi connectivity index (χ0n) is 12.0. The van der Waals surface area contributed by atoms with Crippen LogP contribution in [0.25, 0.3) is 21.8 Å². The second-order valence-corrected chi connectivity index (χ2v) is 6.56. The van der Waals surface area contributed by atoms with Crippen LogP contribution in [0.3, 0.4) is 0 Å². The lowest BCUT2D eigenvalue weighted by Crippen LogP contribution is -2.14. The van der Waals surface area contributed by atoms with E-state index in [9.17, 15) is 4.57 Å². The largest absolute Gasteiger partial charge is 0.379 e. The molecule has 1 aromatic carbocycles. The normalized spacial score (nSPS) is 12.3. The molecular formula is C15H17N2O3P. The van der Waals surface area contributed by atoms with Crippen LogP contribution in [0.4, 0.5) is 0 Å². The first kappa shape index (κ1) is 14.3. The molecule has 3 aromatic rings. The van der Waals surface area contributed by atoms with E-state index in [0.29, 0.717) is 18.6 Å². The van der Waals surface area contributed by atoms with Crippen LogP contribution < -0.4 is 5.44 Å². The fourth-order valence-corrected chi connectivity index (χ4v) is 3.90. The van der Waals surface area contributed by atoms with Gasteiger partial charge >= 0.3 is 7.60 Å². The van der Waals surface area contributed by atoms with E-state index >= 15 is 0 Å². The predicted octanol–water partition coefficient (Wildman–Crippen LogP) is 3.61. The zero-order valence-corrected chi connectivity index (χ0v) is 12.9. The highest BCUT2D eigenvalue weighted by Crippen LogP contribution is 2.46. The van der Waals surface area contributed by atoms with Crippen molar-refractivity contribution < 1.29 is 13.6 Å². The Labute approximate surface area is 122 Å². The molecule has 0 aliphatic rings. The number of para-hydroxylation sites is 1. The van der Waals surface area contributed by atoms with Crippen molar-refractivity contribution in [1.82, 2.24) is 9.97 Å². The monoisotopic (exact) mass is 304 g/mol. The molecule has 0 unspecified atom stereocenters. The van der Waals surface area contributed by atoms with Gasteiger partial charge < -0.3 is 14.0 Å². The van der Waals surface area contributed by atoms with Crippen LogP contribution in [-0.4, -0.2) is 23.2 Å². The second kappa shape index (κ2) is 5.60. The zero-order chi connectivity index (χ0) is 14.9. The van der Waals surface area contributed by atoms with Crippen LogP contribution in [0.1, 0.15) is 13.8 Å². The van der Waals surface area contributed by atoms with Crippen LogP contribution in [0.2, 0.25) is 0 Å². The molecule has 21 heavy (non-hydrogen) atoms. The van der Waals surface area contributed by atoms with Crippen LogP contribution in [0.15, 0.2) is 36.5 Å². The van der Waals surface area contributed by atoms with Gasteiger partial charge in [0.1, 0.15) is 0 Å². The van der Waals surface area contributed by atoms with Crippen molar-refractivity contribution in [3.63, 3.8) is 0 Å². The van der Waals surface area contributed by atoms with E-state index in [4.69, 9.17) is 9.05 Å². The summed E-state index contributed by atoms with van der Waals surface area (Å²) in [7, 11) is -3.35. The van der Waals surface area contributed by atoms with E-state index in [1.54, 1.807) is 26.1 Å². The Morgan fingerprint density at radius 2 is 1.81 bits per heavy atom. The number of pyridine rings is 1. The Kier molecular flexibility index (Phi) is 3.81. The molecule has 0 fully saturated rings. The highest BCUT2D eigenvalue weighted by Gasteiger charge is 2.29. The van der Waals surface area contributed by atoms with Crippen molar-refractivity contribution in [3.05, 3.63) is 36.5 Å². The highest BCUT2D eigenvalue weighted by atomic mass is 31.2. The summed E-state index contributed by atoms with van der Waals surface area (Å²) < 4.78 is 23.5. The van der Waals surface area contributed by atoms with Crippen molar-refractivity contribution in [2.24, 2.45) is 0 Å². The molecule has 2 aromatic heterocycles. The summed E-state index contributed by atoms with van der Waals surface area (Å²) >= 11 is 0. The van der Waals surface area contributed by atoms with Gasteiger partial charge in [-0.1, -0.05) is 18.2 Å². The quantitative estimate of drug-likeness (QED) is 0.731. The van der Waals surface area contributed by atoms with Gasteiger partial charge in [0.25, 0.3) is 0 Å². The summed E-state index contributed by atoms with van der Waals surface area (Å²) in [6.45, 7) is 4.20. The molecule has 0 saturated carbocycles. The minimum atomic E-state index is -3.35. The van der Waals surface area contributed by atoms with Gasteiger partial charge in [-0.05, 0) is 26.0 Å². The summed E-state index contributed by atoms with van der Waals surface area (Å²) in [5, 5.41) is 2.03. The Morgan fingerprint density at radius 3 is 2.52 bits per heavy atom. The molecule has 6 heteroatoms. The van der Waals surface area contributed by atoms with Gasteiger partial charge in [-0.3, -0.25) is 4.57 Å². The van der Waals surface area contributed by atoms with Crippen LogP contribution in [0.5, 0.6) is 0 Å². The molecule has 0 atom stereocenters. The van der Waals surface area contributed by atoms with Crippen molar-refractivity contribution in [1.29, 1.82) is 0 Å². The molecule has 2 heterocycles. The molecule has 0 amide bonds. The number of rotatable bonds is 5. The Hall–Kier alpha value is -1.68. The summed E-state index contributed by atoms with van der Waals surface area (Å²) in [6, 6.07) is 9.75. The summed E-state index contributed by atoms with van der Waals surface area (Å²) in [6.07, 6.45) is 1.68. The highest BCUT2D eigenvalue weighted by molar-refractivity contribution is 7.61. The maximum atomic E-state index is 12.8. The third-order valence-electron chi connectivity index (χ3n) is 3.25. The van der Waals surface area contributed by atoms with Crippen molar-refractivity contribution >= 4 is 34.8 Å². The fourth-order valence-electron chi connectivity index (χ4n) is 2.40. The van der Waals surface area contributed by atoms with Crippen molar-refractivity contribution in [3.8, 4) is 0 Å². The standard InChI is InChI=1S/C15H17N2O3P/c1-3-19-21(18,20-4-2)15-9-12-11-7-5-6-8-13(11)17-14(12)10-16-15/h5-10,17H,3-4H2,1-2H3. The second-order valence-electron chi connectivity index (χ2n) is 4.59. The van der Waals surface area contributed by atoms with E-state index in [2.05, 4.69) is 9.97 Å². The number of hydrogen-bond acceptors (Lipinski definition) is 4. The van der Waals surface area contributed by atoms with Gasteiger partial charge in [-0.25, -0.2) is 4.98 Å². The topological polar surface area (TPSA) is 64.2 Å². The Morgan fingerprint density at radius 1 is 1.10 bits per heavy atom. The van der Waals surface area contributed by atoms with E-state index in [-0.39, 0.29) is 0 Å².